The molecular formula is C21H22N4O4. The number of aromatic nitrogens is 1. The molecule has 2 aromatic rings. The van der Waals surface area contributed by atoms with Crippen molar-refractivity contribution in [1.82, 2.24) is 9.88 Å². The van der Waals surface area contributed by atoms with Crippen LogP contribution in [0.1, 0.15) is 16.8 Å². The lowest BCUT2D eigenvalue weighted by Crippen LogP contribution is -2.52. The molecule has 2 aliphatic rings. The quantitative estimate of drug-likeness (QED) is 0.571. The fourth-order valence-electron chi connectivity index (χ4n) is 3.84. The smallest absolute Gasteiger partial charge is 0.337 e. The predicted octanol–water partition coefficient (Wildman–Crippen LogP) is 1.32. The van der Waals surface area contributed by atoms with Gasteiger partial charge < -0.3 is 9.64 Å². The van der Waals surface area contributed by atoms with E-state index in [0.29, 0.717) is 24.3 Å². The molecule has 0 saturated carbocycles. The Morgan fingerprint density at radius 2 is 1.76 bits per heavy atom. The van der Waals surface area contributed by atoms with Gasteiger partial charge in [-0.1, -0.05) is 6.07 Å². The van der Waals surface area contributed by atoms with Crippen molar-refractivity contribution in [2.75, 3.05) is 43.1 Å². The second-order valence-corrected chi connectivity index (χ2v) is 7.04. The number of rotatable bonds is 4. The Kier molecular flexibility index (Phi) is 5.26. The van der Waals surface area contributed by atoms with Crippen LogP contribution >= 0.6 is 0 Å². The summed E-state index contributed by atoms with van der Waals surface area (Å²) in [6.07, 6.45) is 1.94. The van der Waals surface area contributed by atoms with E-state index in [1.807, 2.05) is 18.2 Å². The van der Waals surface area contributed by atoms with E-state index in [4.69, 9.17) is 0 Å². The molecule has 0 N–H and O–H groups in total. The van der Waals surface area contributed by atoms with Crippen LogP contribution in [0, 0.1) is 0 Å². The van der Waals surface area contributed by atoms with Gasteiger partial charge in [-0.15, -0.1) is 0 Å². The number of pyridine rings is 1. The van der Waals surface area contributed by atoms with Crippen molar-refractivity contribution in [3.8, 4) is 0 Å². The van der Waals surface area contributed by atoms with E-state index in [0.717, 1.165) is 18.9 Å². The zero-order valence-corrected chi connectivity index (χ0v) is 16.2. The molecule has 1 aromatic carbocycles. The average molecular weight is 394 g/mol. The second kappa shape index (κ2) is 8.00. The molecule has 2 aliphatic heterocycles. The van der Waals surface area contributed by atoms with Gasteiger partial charge >= 0.3 is 5.97 Å². The van der Waals surface area contributed by atoms with Crippen molar-refractivity contribution in [3.63, 3.8) is 0 Å². The summed E-state index contributed by atoms with van der Waals surface area (Å²) in [6.45, 7) is 2.89. The van der Waals surface area contributed by atoms with Crippen LogP contribution in [-0.2, 0) is 14.3 Å². The number of ether oxygens (including phenoxy) is 1. The monoisotopic (exact) mass is 394 g/mol. The Morgan fingerprint density at radius 3 is 2.38 bits per heavy atom. The highest BCUT2D eigenvalue weighted by Crippen LogP contribution is 2.27. The number of esters is 1. The molecule has 2 saturated heterocycles. The molecule has 150 valence electrons. The first-order chi connectivity index (χ1) is 14.1. The molecule has 8 nitrogen and oxygen atoms in total. The Morgan fingerprint density at radius 1 is 1.03 bits per heavy atom. The summed E-state index contributed by atoms with van der Waals surface area (Å²) in [4.78, 5) is 47.0. The van der Waals surface area contributed by atoms with Crippen LogP contribution in [0.2, 0.25) is 0 Å². The summed E-state index contributed by atoms with van der Waals surface area (Å²) in [6, 6.07) is 11.7. The van der Waals surface area contributed by atoms with Gasteiger partial charge in [-0.3, -0.25) is 14.5 Å². The van der Waals surface area contributed by atoms with Gasteiger partial charge in [-0.25, -0.2) is 14.7 Å². The third-order valence-corrected chi connectivity index (χ3v) is 5.40. The zero-order valence-electron chi connectivity index (χ0n) is 16.2. The van der Waals surface area contributed by atoms with Crippen LogP contribution < -0.4 is 9.80 Å². The second-order valence-electron chi connectivity index (χ2n) is 7.04. The van der Waals surface area contributed by atoms with Crippen molar-refractivity contribution in [3.05, 3.63) is 54.2 Å². The molecule has 0 bridgehead atoms. The first kappa shape index (κ1) is 19.1. The molecule has 8 heteroatoms. The molecule has 1 aromatic heterocycles. The Balaban J connectivity index is 1.43. The highest BCUT2D eigenvalue weighted by Gasteiger charge is 2.43. The number of carbonyl (C=O) groups is 3. The van der Waals surface area contributed by atoms with Crippen LogP contribution in [0.4, 0.5) is 11.5 Å². The maximum Gasteiger partial charge on any atom is 0.337 e. The minimum absolute atomic E-state index is 0.168. The van der Waals surface area contributed by atoms with Crippen molar-refractivity contribution in [2.24, 2.45) is 0 Å². The lowest BCUT2D eigenvalue weighted by molar-refractivity contribution is -0.123. The van der Waals surface area contributed by atoms with Gasteiger partial charge in [0.1, 0.15) is 5.82 Å². The SMILES string of the molecule is COC(=O)c1ccc(N2C(=O)CC(N3CCN(c4ccccn4)CC3)C2=O)cc1. The maximum atomic E-state index is 13.0. The van der Waals surface area contributed by atoms with Crippen LogP contribution in [0.3, 0.4) is 0 Å². The fraction of sp³-hybridized carbons (Fsp3) is 0.333. The number of nitrogens with zero attached hydrogens (tertiary/aromatic N) is 4. The first-order valence-electron chi connectivity index (χ1n) is 9.53. The molecular weight excluding hydrogens is 372 g/mol. The van der Waals surface area contributed by atoms with Gasteiger partial charge in [0, 0.05) is 32.4 Å². The van der Waals surface area contributed by atoms with E-state index in [2.05, 4.69) is 19.5 Å². The van der Waals surface area contributed by atoms with Crippen LogP contribution in [-0.4, -0.2) is 67.0 Å². The fourth-order valence-corrected chi connectivity index (χ4v) is 3.84. The highest BCUT2D eigenvalue weighted by atomic mass is 16.5. The number of amides is 2. The van der Waals surface area contributed by atoms with Crippen LogP contribution in [0.25, 0.3) is 0 Å². The van der Waals surface area contributed by atoms with Gasteiger partial charge in [-0.05, 0) is 36.4 Å². The molecule has 29 heavy (non-hydrogen) atoms. The summed E-state index contributed by atoms with van der Waals surface area (Å²) >= 11 is 0. The van der Waals surface area contributed by atoms with E-state index in [1.165, 1.54) is 12.0 Å². The number of carbonyl (C=O) groups excluding carboxylic acids is 3. The standard InChI is InChI=1S/C21H22N4O4/c1-29-21(28)15-5-7-16(8-6-15)25-19(26)14-17(20(25)27)23-10-12-24(13-11-23)18-4-2-3-9-22-18/h2-9,17H,10-14H2,1H3. The maximum absolute atomic E-state index is 13.0. The third kappa shape index (κ3) is 3.71. The number of benzene rings is 1. The van der Waals surface area contributed by atoms with Crippen molar-refractivity contribution < 1.29 is 19.1 Å². The summed E-state index contributed by atoms with van der Waals surface area (Å²) in [5, 5.41) is 0. The van der Waals surface area contributed by atoms with E-state index in [9.17, 15) is 14.4 Å². The van der Waals surface area contributed by atoms with E-state index >= 15 is 0 Å². The zero-order chi connectivity index (χ0) is 20.4. The van der Waals surface area contributed by atoms with Crippen LogP contribution in [0.5, 0.6) is 0 Å². The summed E-state index contributed by atoms with van der Waals surface area (Å²) in [7, 11) is 1.31. The minimum atomic E-state index is -0.459. The Hall–Kier alpha value is -3.26. The number of hydrogen-bond acceptors (Lipinski definition) is 7. The number of hydrogen-bond donors (Lipinski definition) is 0. The summed E-state index contributed by atoms with van der Waals surface area (Å²) < 4.78 is 4.68. The molecule has 1 atom stereocenters. The van der Waals surface area contributed by atoms with E-state index in [1.54, 1.807) is 30.5 Å². The lowest BCUT2D eigenvalue weighted by Gasteiger charge is -2.37. The largest absolute Gasteiger partial charge is 0.465 e. The molecule has 0 aliphatic carbocycles. The van der Waals surface area contributed by atoms with Gasteiger partial charge in [-0.2, -0.15) is 0 Å². The first-order valence-corrected chi connectivity index (χ1v) is 9.53. The van der Waals surface area contributed by atoms with Crippen LogP contribution in [0.15, 0.2) is 48.7 Å². The number of anilines is 2. The average Bonchev–Trinajstić information content (AvgIpc) is 3.08. The van der Waals surface area contributed by atoms with Crippen molar-refractivity contribution in [1.29, 1.82) is 0 Å². The van der Waals surface area contributed by atoms with Gasteiger partial charge in [0.2, 0.25) is 5.91 Å². The topological polar surface area (TPSA) is 83.1 Å². The van der Waals surface area contributed by atoms with Crippen molar-refractivity contribution in [2.45, 2.75) is 12.5 Å². The van der Waals surface area contributed by atoms with Gasteiger partial charge in [0.05, 0.1) is 30.8 Å². The number of imide groups is 1. The molecule has 2 fully saturated rings. The predicted molar refractivity (Wildman–Crippen MR) is 107 cm³/mol. The number of piperazine rings is 1. The summed E-state index contributed by atoms with van der Waals surface area (Å²) in [5.74, 6) is 0.0256. The van der Waals surface area contributed by atoms with E-state index < -0.39 is 12.0 Å². The van der Waals surface area contributed by atoms with Gasteiger partial charge in [0.15, 0.2) is 0 Å². The van der Waals surface area contributed by atoms with Crippen molar-refractivity contribution >= 4 is 29.3 Å². The molecule has 1 unspecified atom stereocenters. The molecule has 0 spiro atoms. The Labute approximate surface area is 168 Å². The molecule has 3 heterocycles. The highest BCUT2D eigenvalue weighted by molar-refractivity contribution is 6.22. The molecule has 0 radical (unpaired) electrons. The number of methoxy groups -OCH3 is 1. The lowest BCUT2D eigenvalue weighted by atomic mass is 10.1. The third-order valence-electron chi connectivity index (χ3n) is 5.40. The Bertz CT molecular complexity index is 908. The molecule has 4 rings (SSSR count). The normalized spacial score (nSPS) is 20.2. The minimum Gasteiger partial charge on any atom is -0.465 e. The molecule has 2 amide bonds. The van der Waals surface area contributed by atoms with E-state index in [-0.39, 0.29) is 18.2 Å². The van der Waals surface area contributed by atoms with Gasteiger partial charge in [0.25, 0.3) is 5.91 Å². The summed E-state index contributed by atoms with van der Waals surface area (Å²) in [5.41, 5.74) is 0.847.